The van der Waals surface area contributed by atoms with E-state index >= 15 is 4.39 Å². The fourth-order valence-electron chi connectivity index (χ4n) is 3.67. The lowest BCUT2D eigenvalue weighted by molar-refractivity contribution is -0.137. The smallest absolute Gasteiger partial charge is 0.416 e. The molecule has 1 aromatic carbocycles. The molecule has 1 aliphatic rings. The number of nitrogens with two attached hydrogens (primary N) is 1. The Morgan fingerprint density at radius 1 is 1.26 bits per heavy atom. The van der Waals surface area contributed by atoms with Crippen molar-refractivity contribution in [3.05, 3.63) is 47.5 Å². The first-order valence-corrected chi connectivity index (χ1v) is 9.98. The maximum absolute atomic E-state index is 15.2. The summed E-state index contributed by atoms with van der Waals surface area (Å²) in [4.78, 5) is 21.2. The third kappa shape index (κ3) is 5.23. The molecule has 10 heteroatoms. The molecular weight excluding hydrogens is 416 g/mol. The molecule has 0 saturated carbocycles. The van der Waals surface area contributed by atoms with Crippen molar-refractivity contribution >= 4 is 11.7 Å². The van der Waals surface area contributed by atoms with Crippen LogP contribution in [0.1, 0.15) is 50.3 Å². The third-order valence-corrected chi connectivity index (χ3v) is 5.14. The van der Waals surface area contributed by atoms with E-state index in [0.717, 1.165) is 18.5 Å². The molecule has 6 nitrogen and oxygen atoms in total. The number of nitrogens with zero attached hydrogens (tertiary/aromatic N) is 3. The lowest BCUT2D eigenvalue weighted by Gasteiger charge is -2.27. The molecule has 2 heterocycles. The zero-order chi connectivity index (χ0) is 22.8. The second kappa shape index (κ2) is 9.07. The van der Waals surface area contributed by atoms with Gasteiger partial charge in [-0.2, -0.15) is 22.5 Å². The van der Waals surface area contributed by atoms with Gasteiger partial charge < -0.3 is 15.4 Å². The van der Waals surface area contributed by atoms with Crippen molar-refractivity contribution in [3.63, 3.8) is 0 Å². The van der Waals surface area contributed by atoms with Crippen LogP contribution in [0.15, 0.2) is 30.6 Å². The van der Waals surface area contributed by atoms with E-state index in [1.807, 2.05) is 13.8 Å². The van der Waals surface area contributed by atoms with Crippen molar-refractivity contribution in [2.45, 2.75) is 51.4 Å². The van der Waals surface area contributed by atoms with Crippen LogP contribution in [0.4, 0.5) is 23.4 Å². The first-order chi connectivity index (χ1) is 14.6. The molecule has 1 aromatic heterocycles. The summed E-state index contributed by atoms with van der Waals surface area (Å²) in [6.07, 6.45) is -2.70. The lowest BCUT2D eigenvalue weighted by Crippen LogP contribution is -2.35. The quantitative estimate of drug-likeness (QED) is 0.651. The Morgan fingerprint density at radius 2 is 1.94 bits per heavy atom. The molecule has 31 heavy (non-hydrogen) atoms. The molecule has 168 valence electrons. The number of hydrogen-bond acceptors (Lipinski definition) is 5. The van der Waals surface area contributed by atoms with E-state index in [1.54, 1.807) is 4.90 Å². The van der Waals surface area contributed by atoms with Gasteiger partial charge in [0.1, 0.15) is 6.33 Å². The molecule has 1 saturated heterocycles. The number of ether oxygens (including phenoxy) is 1. The fourth-order valence-corrected chi connectivity index (χ4v) is 3.67. The largest absolute Gasteiger partial charge is 0.462 e. The molecule has 1 amide bonds. The van der Waals surface area contributed by atoms with Crippen LogP contribution in [0.5, 0.6) is 5.88 Å². The standard InChI is InChI=1S/C21H24F4N4O2/c1-12(2)10-16(18(26)30)31-20-17(22)19(27-11-28-20)29-9-3-4-15(29)13-5-7-14(8-6-13)21(23,24)25/h5-8,11-12,15-16H,3-4,9-10H2,1-2H3,(H2,26,30)/t15?,16-/m1/s1. The van der Waals surface area contributed by atoms with Gasteiger partial charge in [-0.15, -0.1) is 0 Å². The molecule has 2 aromatic rings. The molecule has 2 atom stereocenters. The van der Waals surface area contributed by atoms with Gasteiger partial charge in [0.15, 0.2) is 11.9 Å². The summed E-state index contributed by atoms with van der Waals surface area (Å²) < 4.78 is 59.2. The van der Waals surface area contributed by atoms with Crippen molar-refractivity contribution in [2.75, 3.05) is 11.4 Å². The van der Waals surface area contributed by atoms with Crippen LogP contribution >= 0.6 is 0 Å². The lowest BCUT2D eigenvalue weighted by atomic mass is 10.0. The van der Waals surface area contributed by atoms with Crippen molar-refractivity contribution < 1.29 is 27.1 Å². The molecule has 0 aliphatic carbocycles. The summed E-state index contributed by atoms with van der Waals surface area (Å²) in [5.74, 6) is -1.88. The van der Waals surface area contributed by atoms with Gasteiger partial charge in [0.05, 0.1) is 11.6 Å². The number of carbonyl (C=O) groups is 1. The van der Waals surface area contributed by atoms with E-state index in [9.17, 15) is 18.0 Å². The minimum Gasteiger partial charge on any atom is -0.462 e. The minimum absolute atomic E-state index is 0.0276. The van der Waals surface area contributed by atoms with Crippen LogP contribution in [0.3, 0.4) is 0 Å². The van der Waals surface area contributed by atoms with Gasteiger partial charge in [-0.25, -0.2) is 4.98 Å². The van der Waals surface area contributed by atoms with E-state index < -0.39 is 29.6 Å². The van der Waals surface area contributed by atoms with Gasteiger partial charge in [0.25, 0.3) is 11.8 Å². The Balaban J connectivity index is 1.86. The first-order valence-electron chi connectivity index (χ1n) is 9.98. The number of alkyl halides is 3. The maximum Gasteiger partial charge on any atom is 0.416 e. The zero-order valence-corrected chi connectivity index (χ0v) is 17.2. The highest BCUT2D eigenvalue weighted by Gasteiger charge is 2.33. The number of carbonyl (C=O) groups excluding carboxylic acids is 1. The highest BCUT2D eigenvalue weighted by atomic mass is 19.4. The SMILES string of the molecule is CC(C)C[C@@H](Oc1ncnc(N2CCCC2c2ccc(C(F)(F)F)cc2)c1F)C(N)=O. The van der Waals surface area contributed by atoms with Crippen LogP contribution in [-0.2, 0) is 11.0 Å². The Morgan fingerprint density at radius 3 is 2.52 bits per heavy atom. The summed E-state index contributed by atoms with van der Waals surface area (Å²) in [7, 11) is 0. The summed E-state index contributed by atoms with van der Waals surface area (Å²) in [5, 5.41) is 0. The fraction of sp³-hybridized carbons (Fsp3) is 0.476. The number of amides is 1. The van der Waals surface area contributed by atoms with Crippen LogP contribution in [0.25, 0.3) is 0 Å². The Labute approximate surface area is 177 Å². The molecule has 1 aliphatic heterocycles. The highest BCUT2D eigenvalue weighted by Crippen LogP contribution is 2.39. The predicted octanol–water partition coefficient (Wildman–Crippen LogP) is 4.25. The second-order valence-electron chi connectivity index (χ2n) is 7.93. The average molecular weight is 440 g/mol. The van der Waals surface area contributed by atoms with Crippen LogP contribution in [0.2, 0.25) is 0 Å². The zero-order valence-electron chi connectivity index (χ0n) is 17.2. The number of rotatable bonds is 7. The number of aromatic nitrogens is 2. The first kappa shape index (κ1) is 22.8. The maximum atomic E-state index is 15.2. The van der Waals surface area contributed by atoms with Gasteiger partial charge in [-0.3, -0.25) is 4.79 Å². The topological polar surface area (TPSA) is 81.3 Å². The molecule has 2 N–H and O–H groups in total. The van der Waals surface area contributed by atoms with Gasteiger partial charge in [-0.1, -0.05) is 26.0 Å². The Kier molecular flexibility index (Phi) is 6.66. The van der Waals surface area contributed by atoms with Crippen LogP contribution in [-0.4, -0.2) is 28.5 Å². The van der Waals surface area contributed by atoms with Gasteiger partial charge in [-0.05, 0) is 42.9 Å². The number of primary amides is 1. The number of halogens is 4. The second-order valence-corrected chi connectivity index (χ2v) is 7.93. The van der Waals surface area contributed by atoms with Crippen molar-refractivity contribution in [1.29, 1.82) is 0 Å². The average Bonchev–Trinajstić information content (AvgIpc) is 3.17. The summed E-state index contributed by atoms with van der Waals surface area (Å²) >= 11 is 0. The van der Waals surface area contributed by atoms with E-state index in [-0.39, 0.29) is 23.7 Å². The number of anilines is 1. The third-order valence-electron chi connectivity index (χ3n) is 5.14. The van der Waals surface area contributed by atoms with E-state index in [2.05, 4.69) is 9.97 Å². The molecule has 0 radical (unpaired) electrons. The minimum atomic E-state index is -4.42. The summed E-state index contributed by atoms with van der Waals surface area (Å²) in [5.41, 5.74) is 5.25. The van der Waals surface area contributed by atoms with E-state index in [4.69, 9.17) is 10.5 Å². The van der Waals surface area contributed by atoms with Crippen LogP contribution in [0, 0.1) is 11.7 Å². The van der Waals surface area contributed by atoms with Crippen molar-refractivity contribution in [1.82, 2.24) is 9.97 Å². The van der Waals surface area contributed by atoms with Crippen LogP contribution < -0.4 is 15.4 Å². The van der Waals surface area contributed by atoms with E-state index in [1.165, 1.54) is 12.1 Å². The highest BCUT2D eigenvalue weighted by molar-refractivity contribution is 5.79. The summed E-state index contributed by atoms with van der Waals surface area (Å²) in [6, 6.07) is 4.48. The van der Waals surface area contributed by atoms with Crippen molar-refractivity contribution in [3.8, 4) is 5.88 Å². The molecular formula is C21H24F4N4O2. The molecule has 1 unspecified atom stereocenters. The molecule has 0 bridgehead atoms. The van der Waals surface area contributed by atoms with Gasteiger partial charge in [0.2, 0.25) is 5.82 Å². The summed E-state index contributed by atoms with van der Waals surface area (Å²) in [6.45, 7) is 4.21. The monoisotopic (exact) mass is 440 g/mol. The normalized spacial score (nSPS) is 17.8. The van der Waals surface area contributed by atoms with Crippen molar-refractivity contribution in [2.24, 2.45) is 11.7 Å². The Hall–Kier alpha value is -2.91. The van der Waals surface area contributed by atoms with E-state index in [0.29, 0.717) is 31.4 Å². The molecule has 0 spiro atoms. The molecule has 1 fully saturated rings. The molecule has 3 rings (SSSR count). The Bertz CT molecular complexity index is 919. The van der Waals surface area contributed by atoms with Gasteiger partial charge >= 0.3 is 6.18 Å². The predicted molar refractivity (Wildman–Crippen MR) is 106 cm³/mol. The number of hydrogen-bond donors (Lipinski definition) is 1. The van der Waals surface area contributed by atoms with Gasteiger partial charge in [0, 0.05) is 6.54 Å². The number of benzene rings is 1.